The normalized spacial score (nSPS) is 11.8. The predicted molar refractivity (Wildman–Crippen MR) is 85.8 cm³/mol. The molecule has 0 aliphatic carbocycles. The zero-order valence-corrected chi connectivity index (χ0v) is 13.4. The lowest BCUT2D eigenvalue weighted by atomic mass is 10.0. The van der Waals surface area contributed by atoms with Gasteiger partial charge in [-0.3, -0.25) is 0 Å². The van der Waals surface area contributed by atoms with Gasteiger partial charge < -0.3 is 9.26 Å². The summed E-state index contributed by atoms with van der Waals surface area (Å²) in [7, 11) is 0. The van der Waals surface area contributed by atoms with Gasteiger partial charge in [-0.05, 0) is 42.3 Å². The Morgan fingerprint density at radius 3 is 2.42 bits per heavy atom. The van der Waals surface area contributed by atoms with Crippen molar-refractivity contribution in [2.24, 2.45) is 0 Å². The van der Waals surface area contributed by atoms with Crippen molar-refractivity contribution in [2.45, 2.75) is 13.3 Å². The highest BCUT2D eigenvalue weighted by Gasteiger charge is 2.30. The quantitative estimate of drug-likeness (QED) is 0.545. The minimum absolute atomic E-state index is 0.272. The lowest BCUT2D eigenvalue weighted by Gasteiger charge is -2.09. The maximum absolute atomic E-state index is 12.3. The van der Waals surface area contributed by atoms with E-state index in [1.165, 1.54) is 23.1 Å². The number of rotatable bonds is 3. The van der Waals surface area contributed by atoms with Crippen LogP contribution >= 0.6 is 0 Å². The van der Waals surface area contributed by atoms with Crippen LogP contribution in [0, 0.1) is 6.92 Å². The SMILES string of the molecule is Cc1ncn(-c2noc3ccc(-c4ccc(OC(F)(F)F)cc4)cc23)n1. The van der Waals surface area contributed by atoms with Crippen LogP contribution in [0.25, 0.3) is 27.9 Å². The number of ether oxygens (including phenoxy) is 1. The Morgan fingerprint density at radius 2 is 1.77 bits per heavy atom. The molecule has 0 amide bonds. The van der Waals surface area contributed by atoms with Crippen molar-refractivity contribution in [1.29, 1.82) is 0 Å². The molecule has 0 aliphatic rings. The summed E-state index contributed by atoms with van der Waals surface area (Å²) in [5, 5.41) is 8.93. The molecule has 0 atom stereocenters. The average Bonchev–Trinajstić information content (AvgIpc) is 3.19. The van der Waals surface area contributed by atoms with E-state index in [4.69, 9.17) is 4.52 Å². The first kappa shape index (κ1) is 16.1. The number of hydrogen-bond acceptors (Lipinski definition) is 5. The van der Waals surface area contributed by atoms with Crippen molar-refractivity contribution >= 4 is 11.0 Å². The standard InChI is InChI=1S/C17H11F3N4O2/c1-10-21-9-24(22-10)16-14-8-12(4-7-15(14)26-23-16)11-2-5-13(6-3-11)25-17(18,19)20/h2-9H,1H3. The Kier molecular flexibility index (Phi) is 3.64. The van der Waals surface area contributed by atoms with Gasteiger partial charge in [-0.2, -0.15) is 9.78 Å². The Balaban J connectivity index is 1.71. The van der Waals surface area contributed by atoms with E-state index in [1.807, 2.05) is 6.07 Å². The zero-order chi connectivity index (χ0) is 18.3. The van der Waals surface area contributed by atoms with Crippen molar-refractivity contribution < 1.29 is 22.4 Å². The van der Waals surface area contributed by atoms with Gasteiger partial charge >= 0.3 is 6.36 Å². The van der Waals surface area contributed by atoms with Gasteiger partial charge in [0.2, 0.25) is 5.82 Å². The van der Waals surface area contributed by atoms with E-state index in [-0.39, 0.29) is 5.75 Å². The van der Waals surface area contributed by atoms with Crippen molar-refractivity contribution in [2.75, 3.05) is 0 Å². The Bertz CT molecular complexity index is 1070. The van der Waals surface area contributed by atoms with Crippen LogP contribution in [0.2, 0.25) is 0 Å². The van der Waals surface area contributed by atoms with E-state index in [0.29, 0.717) is 22.6 Å². The Hall–Kier alpha value is -3.36. The molecule has 4 aromatic rings. The summed E-state index contributed by atoms with van der Waals surface area (Å²) in [5.74, 6) is 0.808. The van der Waals surface area contributed by atoms with Gasteiger partial charge in [0, 0.05) is 0 Å². The molecule has 0 spiro atoms. The van der Waals surface area contributed by atoms with Crippen LogP contribution < -0.4 is 4.74 Å². The fourth-order valence-electron chi connectivity index (χ4n) is 2.57. The summed E-state index contributed by atoms with van der Waals surface area (Å²) >= 11 is 0. The molecule has 9 heteroatoms. The highest BCUT2D eigenvalue weighted by molar-refractivity contribution is 5.88. The largest absolute Gasteiger partial charge is 0.573 e. The lowest BCUT2D eigenvalue weighted by Crippen LogP contribution is -2.16. The van der Waals surface area contributed by atoms with Crippen molar-refractivity contribution in [3.05, 3.63) is 54.6 Å². The van der Waals surface area contributed by atoms with E-state index in [9.17, 15) is 13.2 Å². The van der Waals surface area contributed by atoms with Gasteiger partial charge in [-0.15, -0.1) is 13.2 Å². The summed E-state index contributed by atoms with van der Waals surface area (Å²) < 4.78 is 47.5. The average molecular weight is 360 g/mol. The van der Waals surface area contributed by atoms with Crippen LogP contribution in [-0.4, -0.2) is 26.3 Å². The van der Waals surface area contributed by atoms with Gasteiger partial charge in [0.1, 0.15) is 17.9 Å². The first-order chi connectivity index (χ1) is 12.4. The molecular formula is C17H11F3N4O2. The lowest BCUT2D eigenvalue weighted by molar-refractivity contribution is -0.274. The highest BCUT2D eigenvalue weighted by atomic mass is 19.4. The van der Waals surface area contributed by atoms with E-state index < -0.39 is 6.36 Å². The van der Waals surface area contributed by atoms with Gasteiger partial charge in [0.25, 0.3) is 0 Å². The molecule has 4 rings (SSSR count). The summed E-state index contributed by atoms with van der Waals surface area (Å²) in [6.07, 6.45) is -3.18. The number of aromatic nitrogens is 4. The number of alkyl halides is 3. The minimum atomic E-state index is -4.71. The van der Waals surface area contributed by atoms with Crippen LogP contribution in [0.4, 0.5) is 13.2 Å². The first-order valence-electron chi connectivity index (χ1n) is 7.53. The second kappa shape index (κ2) is 5.87. The predicted octanol–water partition coefficient (Wildman–Crippen LogP) is 4.28. The Labute approximate surface area is 144 Å². The fourth-order valence-corrected chi connectivity index (χ4v) is 2.57. The number of nitrogens with zero attached hydrogens (tertiary/aromatic N) is 4. The zero-order valence-electron chi connectivity index (χ0n) is 13.4. The molecule has 132 valence electrons. The van der Waals surface area contributed by atoms with Gasteiger partial charge in [0.15, 0.2) is 5.58 Å². The molecule has 0 saturated heterocycles. The first-order valence-corrected chi connectivity index (χ1v) is 7.53. The van der Waals surface area contributed by atoms with Crippen LogP contribution in [0.3, 0.4) is 0 Å². The van der Waals surface area contributed by atoms with Gasteiger partial charge in [-0.25, -0.2) is 4.98 Å². The summed E-state index contributed by atoms with van der Waals surface area (Å²) in [6, 6.07) is 11.0. The van der Waals surface area contributed by atoms with Crippen molar-refractivity contribution in [3.8, 4) is 22.7 Å². The summed E-state index contributed by atoms with van der Waals surface area (Å²) in [6.45, 7) is 1.76. The van der Waals surface area contributed by atoms with Crippen LogP contribution in [0.5, 0.6) is 5.75 Å². The smallest absolute Gasteiger partial charge is 0.406 e. The topological polar surface area (TPSA) is 66.0 Å². The molecule has 0 aliphatic heterocycles. The molecule has 0 N–H and O–H groups in total. The second-order valence-corrected chi connectivity index (χ2v) is 5.53. The molecule has 0 unspecified atom stereocenters. The molecule has 0 fully saturated rings. The highest BCUT2D eigenvalue weighted by Crippen LogP contribution is 2.30. The molecule has 2 heterocycles. The van der Waals surface area contributed by atoms with E-state index >= 15 is 0 Å². The number of aryl methyl sites for hydroxylation is 1. The van der Waals surface area contributed by atoms with Gasteiger partial charge in [-0.1, -0.05) is 23.4 Å². The Morgan fingerprint density at radius 1 is 1.04 bits per heavy atom. The maximum Gasteiger partial charge on any atom is 0.573 e. The third kappa shape index (κ3) is 3.10. The molecule has 0 saturated carbocycles. The number of fused-ring (bicyclic) bond motifs is 1. The van der Waals surface area contributed by atoms with Crippen molar-refractivity contribution in [1.82, 2.24) is 19.9 Å². The van der Waals surface area contributed by atoms with E-state index in [0.717, 1.165) is 11.1 Å². The van der Waals surface area contributed by atoms with E-state index in [1.54, 1.807) is 31.2 Å². The van der Waals surface area contributed by atoms with Crippen LogP contribution in [0.1, 0.15) is 5.82 Å². The van der Waals surface area contributed by atoms with Crippen molar-refractivity contribution in [3.63, 3.8) is 0 Å². The van der Waals surface area contributed by atoms with Gasteiger partial charge in [0.05, 0.1) is 5.39 Å². The fraction of sp³-hybridized carbons (Fsp3) is 0.118. The molecule has 26 heavy (non-hydrogen) atoms. The molecule has 0 radical (unpaired) electrons. The number of hydrogen-bond donors (Lipinski definition) is 0. The monoisotopic (exact) mass is 360 g/mol. The molecular weight excluding hydrogens is 349 g/mol. The maximum atomic E-state index is 12.3. The third-order valence-electron chi connectivity index (χ3n) is 3.70. The third-order valence-corrected chi connectivity index (χ3v) is 3.70. The summed E-state index contributed by atoms with van der Waals surface area (Å²) in [5.41, 5.74) is 2.08. The molecule has 0 bridgehead atoms. The van der Waals surface area contributed by atoms with Crippen LogP contribution in [0.15, 0.2) is 53.3 Å². The number of halogens is 3. The molecule has 2 aromatic carbocycles. The second-order valence-electron chi connectivity index (χ2n) is 5.53. The number of benzene rings is 2. The van der Waals surface area contributed by atoms with E-state index in [2.05, 4.69) is 20.0 Å². The minimum Gasteiger partial charge on any atom is -0.406 e. The molecule has 6 nitrogen and oxygen atoms in total. The van der Waals surface area contributed by atoms with Crippen LogP contribution in [-0.2, 0) is 0 Å². The summed E-state index contributed by atoms with van der Waals surface area (Å²) in [4.78, 5) is 4.06. The molecule has 2 aromatic heterocycles.